The number of aliphatic imine (C=N–C) groups is 2. The van der Waals surface area contributed by atoms with Crippen LogP contribution in [0.25, 0.3) is 0 Å². The van der Waals surface area contributed by atoms with Gasteiger partial charge in [-0.05, 0) is 0 Å². The van der Waals surface area contributed by atoms with Crippen LogP contribution in [0.4, 0.5) is 17.0 Å². The van der Waals surface area contributed by atoms with E-state index in [4.69, 9.17) is 0 Å². The number of amides is 2. The van der Waals surface area contributed by atoms with Gasteiger partial charge in [0.15, 0.2) is 0 Å². The lowest BCUT2D eigenvalue weighted by atomic mass is 10.9. The van der Waals surface area contributed by atoms with Gasteiger partial charge in [0.25, 0.3) is 0 Å². The van der Waals surface area contributed by atoms with Gasteiger partial charge in [-0.3, -0.25) is 0 Å². The average molecular weight is 215 g/mol. The van der Waals surface area contributed by atoms with Crippen LogP contribution in [0.5, 0.6) is 0 Å². The third-order valence-corrected chi connectivity index (χ3v) is 1.84. The van der Waals surface area contributed by atoms with E-state index in [0.29, 0.717) is 0 Å². The van der Waals surface area contributed by atoms with Gasteiger partial charge in [0.1, 0.15) is 0 Å². The summed E-state index contributed by atoms with van der Waals surface area (Å²) in [5.41, 5.74) is -5.46. The first-order chi connectivity index (χ1) is 5.83. The van der Waals surface area contributed by atoms with E-state index in [2.05, 4.69) is 13.9 Å². The predicted molar refractivity (Wildman–Crippen MR) is 37.4 cm³/mol. The predicted octanol–water partition coefficient (Wildman–Crippen LogP) is 0.647. The summed E-state index contributed by atoms with van der Waals surface area (Å²) in [5.74, 6) is 0. The molecule has 5 nitrogen and oxygen atoms in total. The van der Waals surface area contributed by atoms with Crippen molar-refractivity contribution < 1.29 is 25.5 Å². The molecular formula is C4H2F3N2O3S+. The Morgan fingerprint density at radius 1 is 1.23 bits per heavy atom. The SMILES string of the molecule is O=S(=O)([O+]=C1N=CC=N1)C(F)(F)F. The second kappa shape index (κ2) is 2.91. The van der Waals surface area contributed by atoms with Crippen molar-refractivity contribution >= 4 is 28.6 Å². The molecule has 0 spiro atoms. The Bertz CT molecular complexity index is 377. The van der Waals surface area contributed by atoms with Crippen LogP contribution in [0, 0.1) is 0 Å². The van der Waals surface area contributed by atoms with Gasteiger partial charge in [0, 0.05) is 0 Å². The summed E-state index contributed by atoms with van der Waals surface area (Å²) in [4.78, 5) is 6.20. The molecule has 0 radical (unpaired) electrons. The van der Waals surface area contributed by atoms with E-state index in [1.165, 1.54) is 0 Å². The Hall–Kier alpha value is -1.25. The monoisotopic (exact) mass is 215 g/mol. The van der Waals surface area contributed by atoms with Crippen molar-refractivity contribution in [3.05, 3.63) is 0 Å². The minimum absolute atomic E-state index is 0.850. The van der Waals surface area contributed by atoms with Crippen LogP contribution in [0.1, 0.15) is 0 Å². The quantitative estimate of drug-likeness (QED) is 0.475. The molecule has 0 bridgehead atoms. The Balaban J connectivity index is 3.04. The summed E-state index contributed by atoms with van der Waals surface area (Å²) in [6, 6.07) is -0.850. The van der Waals surface area contributed by atoms with Gasteiger partial charge in [-0.15, -0.1) is 31.6 Å². The molecule has 0 saturated carbocycles. The van der Waals surface area contributed by atoms with Crippen molar-refractivity contribution in [1.82, 2.24) is 0 Å². The third-order valence-electron chi connectivity index (χ3n) is 0.904. The molecule has 0 aromatic rings. The fraction of sp³-hybridized carbons (Fsp3) is 0.250. The number of halogens is 3. The zero-order valence-electron chi connectivity index (χ0n) is 5.82. The van der Waals surface area contributed by atoms with Gasteiger partial charge in [0.05, 0.1) is 12.4 Å². The smallest absolute Gasteiger partial charge is 0.149 e. The number of urea groups is 1. The van der Waals surface area contributed by atoms with E-state index < -0.39 is 21.7 Å². The molecule has 0 aromatic heterocycles. The largest absolute Gasteiger partial charge is 0.605 e. The van der Waals surface area contributed by atoms with Crippen LogP contribution in [-0.2, 0) is 10.1 Å². The summed E-state index contributed by atoms with van der Waals surface area (Å²) in [7, 11) is -5.65. The standard InChI is InChI=1S/C4H2F3N2O3S/c5-4(6,7)13(10,11)12-3-8-1-2-9-3/h1-2H/q+1. The second-order valence-corrected chi connectivity index (χ2v) is 3.36. The van der Waals surface area contributed by atoms with Gasteiger partial charge in [0.2, 0.25) is 0 Å². The highest BCUT2D eigenvalue weighted by Crippen LogP contribution is 2.27. The molecule has 0 N–H and O–H groups in total. The van der Waals surface area contributed by atoms with Crippen LogP contribution in [0.15, 0.2) is 9.98 Å². The number of hydrogen-bond donors (Lipinski definition) is 0. The maximum absolute atomic E-state index is 11.7. The van der Waals surface area contributed by atoms with Crippen LogP contribution < -0.4 is 0 Å². The van der Waals surface area contributed by atoms with Crippen molar-refractivity contribution in [2.75, 3.05) is 0 Å². The maximum Gasteiger partial charge on any atom is 0.605 e. The molecule has 0 aliphatic carbocycles. The number of nitrogens with zero attached hydrogens (tertiary/aromatic N) is 2. The van der Waals surface area contributed by atoms with Gasteiger partial charge in [-0.1, -0.05) is 3.87 Å². The number of rotatable bonds is 1. The second-order valence-electron chi connectivity index (χ2n) is 1.82. The molecular weight excluding hydrogens is 213 g/mol. The highest BCUT2D eigenvalue weighted by atomic mass is 32.2. The fourth-order valence-corrected chi connectivity index (χ4v) is 0.793. The first-order valence-corrected chi connectivity index (χ1v) is 4.18. The minimum Gasteiger partial charge on any atom is -0.149 e. The zero-order chi connectivity index (χ0) is 10.1. The lowest BCUT2D eigenvalue weighted by Crippen LogP contribution is -2.19. The Morgan fingerprint density at radius 3 is 2.08 bits per heavy atom. The van der Waals surface area contributed by atoms with Crippen molar-refractivity contribution in [2.45, 2.75) is 5.51 Å². The molecule has 0 atom stereocenters. The van der Waals surface area contributed by atoms with Crippen LogP contribution in [0.2, 0.25) is 0 Å². The van der Waals surface area contributed by atoms with E-state index in [9.17, 15) is 21.6 Å². The first-order valence-electron chi connectivity index (χ1n) is 2.77. The molecule has 0 fully saturated rings. The maximum atomic E-state index is 11.7. The number of hydrogen-bond acceptors (Lipinski definition) is 2. The van der Waals surface area contributed by atoms with Gasteiger partial charge in [-0.2, -0.15) is 0 Å². The molecule has 1 rings (SSSR count). The average Bonchev–Trinajstić information content (AvgIpc) is 2.35. The van der Waals surface area contributed by atoms with Crippen LogP contribution >= 0.6 is 0 Å². The summed E-state index contributed by atoms with van der Waals surface area (Å²) in [6.07, 6.45) is 2.00. The van der Waals surface area contributed by atoms with E-state index in [0.717, 1.165) is 12.4 Å². The van der Waals surface area contributed by atoms with Crippen molar-refractivity contribution in [3.63, 3.8) is 0 Å². The molecule has 9 heteroatoms. The molecule has 2 amide bonds. The molecule has 1 heterocycles. The van der Waals surface area contributed by atoms with E-state index in [1.54, 1.807) is 0 Å². The third kappa shape index (κ3) is 2.11. The minimum atomic E-state index is -5.65. The highest BCUT2D eigenvalue weighted by Gasteiger charge is 2.57. The lowest BCUT2D eigenvalue weighted by Gasteiger charge is -1.91. The molecule has 1 aliphatic heterocycles. The van der Waals surface area contributed by atoms with Gasteiger partial charge < -0.3 is 0 Å². The summed E-state index contributed by atoms with van der Waals surface area (Å²) in [6.45, 7) is 0. The van der Waals surface area contributed by atoms with Gasteiger partial charge in [-0.25, -0.2) is 0 Å². The fourth-order valence-electron chi connectivity index (χ4n) is 0.416. The normalized spacial score (nSPS) is 16.7. The van der Waals surface area contributed by atoms with E-state index in [-0.39, 0.29) is 0 Å². The summed E-state index contributed by atoms with van der Waals surface area (Å²) < 4.78 is 59.1. The molecule has 0 saturated heterocycles. The number of carbonyl (C=O) groups excluding carboxylic acids is 1. The first kappa shape index (κ1) is 9.84. The van der Waals surface area contributed by atoms with Crippen molar-refractivity contribution in [3.8, 4) is 0 Å². The van der Waals surface area contributed by atoms with Gasteiger partial charge >= 0.3 is 21.7 Å². The summed E-state index contributed by atoms with van der Waals surface area (Å²) >= 11 is 0. The van der Waals surface area contributed by atoms with E-state index in [1.807, 2.05) is 0 Å². The molecule has 0 aromatic carbocycles. The summed E-state index contributed by atoms with van der Waals surface area (Å²) in [5, 5.41) is 0. The highest BCUT2D eigenvalue weighted by molar-refractivity contribution is 7.86. The van der Waals surface area contributed by atoms with Crippen molar-refractivity contribution in [1.29, 1.82) is 0 Å². The van der Waals surface area contributed by atoms with Crippen molar-refractivity contribution in [2.24, 2.45) is 9.98 Å². The zero-order valence-corrected chi connectivity index (χ0v) is 6.63. The Kier molecular flexibility index (Phi) is 2.20. The Labute approximate surface area is 70.4 Å². The van der Waals surface area contributed by atoms with Crippen LogP contribution in [0.3, 0.4) is 0 Å². The molecule has 0 unspecified atom stereocenters. The van der Waals surface area contributed by atoms with Crippen LogP contribution in [-0.4, -0.2) is 32.4 Å². The molecule has 72 valence electrons. The Morgan fingerprint density at radius 2 is 1.69 bits per heavy atom. The number of alkyl halides is 3. The van der Waals surface area contributed by atoms with E-state index >= 15 is 0 Å². The lowest BCUT2D eigenvalue weighted by molar-refractivity contribution is -0.0806. The topological polar surface area (TPSA) is 70.2 Å². The molecule has 13 heavy (non-hydrogen) atoms. The molecule has 1 aliphatic rings.